The zero-order valence-electron chi connectivity index (χ0n) is 11.3. The number of pyridine rings is 1. The highest BCUT2D eigenvalue weighted by molar-refractivity contribution is 5.85. The summed E-state index contributed by atoms with van der Waals surface area (Å²) in [5.74, 6) is 7.50. The van der Waals surface area contributed by atoms with Crippen molar-refractivity contribution in [1.82, 2.24) is 10.4 Å². The van der Waals surface area contributed by atoms with Crippen molar-refractivity contribution in [2.75, 3.05) is 0 Å². The number of furan rings is 1. The van der Waals surface area contributed by atoms with Crippen molar-refractivity contribution in [1.29, 1.82) is 0 Å². The lowest BCUT2D eigenvalue weighted by Crippen LogP contribution is -2.28. The van der Waals surface area contributed by atoms with Crippen LogP contribution in [0.15, 0.2) is 53.2 Å². The van der Waals surface area contributed by atoms with Gasteiger partial charge in [0.1, 0.15) is 17.6 Å². The van der Waals surface area contributed by atoms with Crippen LogP contribution in [0.4, 0.5) is 0 Å². The average Bonchev–Trinajstić information content (AvgIpc) is 2.97. The second kappa shape index (κ2) is 5.45. The second-order valence-electron chi connectivity index (χ2n) is 4.71. The number of nitrogens with two attached hydrogens (primary N) is 1. The molecule has 102 valence electrons. The molecule has 1 unspecified atom stereocenters. The van der Waals surface area contributed by atoms with Gasteiger partial charge in [0.15, 0.2) is 0 Å². The zero-order chi connectivity index (χ0) is 13.9. The number of hydrogen-bond donors (Lipinski definition) is 2. The lowest BCUT2D eigenvalue weighted by atomic mass is 10.0. The van der Waals surface area contributed by atoms with Gasteiger partial charge in [-0.05, 0) is 17.5 Å². The van der Waals surface area contributed by atoms with Crippen LogP contribution < -0.4 is 11.3 Å². The summed E-state index contributed by atoms with van der Waals surface area (Å²) in [5.41, 5.74) is 3.85. The first-order chi connectivity index (χ1) is 9.83. The number of benzene rings is 1. The van der Waals surface area contributed by atoms with Crippen molar-refractivity contribution < 1.29 is 4.42 Å². The summed E-state index contributed by atoms with van der Waals surface area (Å²) >= 11 is 0. The first-order valence-electron chi connectivity index (χ1n) is 6.71. The molecular formula is C16H17N3O. The van der Waals surface area contributed by atoms with E-state index in [1.54, 1.807) is 0 Å². The minimum absolute atomic E-state index is 0.200. The fourth-order valence-corrected chi connectivity index (χ4v) is 2.43. The summed E-state index contributed by atoms with van der Waals surface area (Å²) in [4.78, 5) is 4.30. The van der Waals surface area contributed by atoms with Crippen molar-refractivity contribution in [3.8, 4) is 0 Å². The number of rotatable bonds is 4. The van der Waals surface area contributed by atoms with E-state index >= 15 is 0 Å². The van der Waals surface area contributed by atoms with Gasteiger partial charge < -0.3 is 4.42 Å². The molecule has 20 heavy (non-hydrogen) atoms. The van der Waals surface area contributed by atoms with E-state index in [0.29, 0.717) is 0 Å². The molecule has 0 saturated carbocycles. The minimum atomic E-state index is -0.200. The van der Waals surface area contributed by atoms with E-state index in [4.69, 9.17) is 10.3 Å². The van der Waals surface area contributed by atoms with Crippen LogP contribution in [0.25, 0.3) is 10.8 Å². The Hall–Kier alpha value is -2.17. The molecule has 0 radical (unpaired) electrons. The Kier molecular flexibility index (Phi) is 3.50. The predicted octanol–water partition coefficient (Wildman–Crippen LogP) is 2.94. The normalized spacial score (nSPS) is 12.7. The molecule has 2 heterocycles. The Balaban J connectivity index is 2.11. The van der Waals surface area contributed by atoms with Gasteiger partial charge in [-0.3, -0.25) is 10.8 Å². The SMILES string of the molecule is CCc1ccc(C(NN)c2cncc3ccccc23)o1. The third-order valence-electron chi connectivity index (χ3n) is 3.49. The molecule has 0 amide bonds. The lowest BCUT2D eigenvalue weighted by molar-refractivity contribution is 0.426. The number of nitrogens with one attached hydrogen (secondary N) is 1. The van der Waals surface area contributed by atoms with Crippen LogP contribution in [0.1, 0.15) is 30.0 Å². The highest BCUT2D eigenvalue weighted by Gasteiger charge is 2.18. The first-order valence-corrected chi connectivity index (χ1v) is 6.71. The molecule has 4 heteroatoms. The van der Waals surface area contributed by atoms with Gasteiger partial charge >= 0.3 is 0 Å². The van der Waals surface area contributed by atoms with E-state index < -0.39 is 0 Å². The van der Waals surface area contributed by atoms with Gasteiger partial charge in [-0.15, -0.1) is 0 Å². The van der Waals surface area contributed by atoms with Crippen molar-refractivity contribution in [2.24, 2.45) is 5.84 Å². The molecule has 3 rings (SSSR count). The summed E-state index contributed by atoms with van der Waals surface area (Å²) in [5, 5.41) is 2.22. The van der Waals surface area contributed by atoms with Crippen LogP contribution in [0.5, 0.6) is 0 Å². The molecule has 0 aliphatic rings. The monoisotopic (exact) mass is 267 g/mol. The van der Waals surface area contributed by atoms with Gasteiger partial charge in [0.05, 0.1) is 0 Å². The van der Waals surface area contributed by atoms with Crippen LogP contribution in [-0.4, -0.2) is 4.98 Å². The van der Waals surface area contributed by atoms with Crippen LogP contribution in [0, 0.1) is 0 Å². The molecule has 3 N–H and O–H groups in total. The molecule has 0 aliphatic carbocycles. The first kappa shape index (κ1) is 12.8. The molecular weight excluding hydrogens is 250 g/mol. The van der Waals surface area contributed by atoms with Gasteiger partial charge in [0.2, 0.25) is 0 Å². The van der Waals surface area contributed by atoms with Crippen LogP contribution >= 0.6 is 0 Å². The Bertz CT molecular complexity index is 715. The van der Waals surface area contributed by atoms with Crippen LogP contribution in [0.2, 0.25) is 0 Å². The molecule has 3 aromatic rings. The van der Waals surface area contributed by atoms with E-state index in [9.17, 15) is 0 Å². The molecule has 1 atom stereocenters. The van der Waals surface area contributed by atoms with Gasteiger partial charge in [-0.2, -0.15) is 0 Å². The Morgan fingerprint density at radius 3 is 2.80 bits per heavy atom. The molecule has 0 aliphatic heterocycles. The summed E-state index contributed by atoms with van der Waals surface area (Å²) in [6, 6.07) is 11.9. The third kappa shape index (κ3) is 2.19. The Morgan fingerprint density at radius 2 is 2.05 bits per heavy atom. The summed E-state index contributed by atoms with van der Waals surface area (Å²) in [6.45, 7) is 2.06. The molecule has 0 saturated heterocycles. The van der Waals surface area contributed by atoms with E-state index in [1.165, 1.54) is 0 Å². The maximum atomic E-state index is 5.82. The Morgan fingerprint density at radius 1 is 1.20 bits per heavy atom. The van der Waals surface area contributed by atoms with Gasteiger partial charge in [0.25, 0.3) is 0 Å². The molecule has 0 bridgehead atoms. The maximum absolute atomic E-state index is 5.82. The van der Waals surface area contributed by atoms with Gasteiger partial charge in [-0.25, -0.2) is 5.43 Å². The highest BCUT2D eigenvalue weighted by Crippen LogP contribution is 2.28. The second-order valence-corrected chi connectivity index (χ2v) is 4.71. The van der Waals surface area contributed by atoms with Crippen LogP contribution in [0.3, 0.4) is 0 Å². The van der Waals surface area contributed by atoms with Crippen molar-refractivity contribution in [3.05, 3.63) is 65.9 Å². The topological polar surface area (TPSA) is 64.1 Å². The van der Waals surface area contributed by atoms with Crippen molar-refractivity contribution in [3.63, 3.8) is 0 Å². The van der Waals surface area contributed by atoms with Crippen molar-refractivity contribution >= 4 is 10.8 Å². The summed E-state index contributed by atoms with van der Waals surface area (Å²) < 4.78 is 5.82. The number of hydrogen-bond acceptors (Lipinski definition) is 4. The van der Waals surface area contributed by atoms with E-state index in [1.807, 2.05) is 42.7 Å². The quantitative estimate of drug-likeness (QED) is 0.563. The average molecular weight is 267 g/mol. The van der Waals surface area contributed by atoms with E-state index in [-0.39, 0.29) is 6.04 Å². The molecule has 2 aromatic heterocycles. The summed E-state index contributed by atoms with van der Waals surface area (Å²) in [7, 11) is 0. The Labute approximate surface area is 117 Å². The largest absolute Gasteiger partial charge is 0.464 e. The fraction of sp³-hybridized carbons (Fsp3) is 0.188. The van der Waals surface area contributed by atoms with Crippen LogP contribution in [-0.2, 0) is 6.42 Å². The van der Waals surface area contributed by atoms with E-state index in [0.717, 1.165) is 34.3 Å². The van der Waals surface area contributed by atoms with Gasteiger partial charge in [0, 0.05) is 29.8 Å². The number of aryl methyl sites for hydroxylation is 1. The van der Waals surface area contributed by atoms with E-state index in [2.05, 4.69) is 23.4 Å². The molecule has 4 nitrogen and oxygen atoms in total. The number of nitrogens with zero attached hydrogens (tertiary/aromatic N) is 1. The highest BCUT2D eigenvalue weighted by atomic mass is 16.3. The standard InChI is InChI=1S/C16H17N3O/c1-2-12-7-8-15(20-12)16(19-17)14-10-18-9-11-5-3-4-6-13(11)14/h3-10,16,19H,2,17H2,1H3. The lowest BCUT2D eigenvalue weighted by Gasteiger charge is -2.15. The number of aromatic nitrogens is 1. The molecule has 0 fully saturated rings. The smallest absolute Gasteiger partial charge is 0.127 e. The van der Waals surface area contributed by atoms with Crippen molar-refractivity contribution in [2.45, 2.75) is 19.4 Å². The number of hydrazine groups is 1. The molecule has 0 spiro atoms. The van der Waals surface area contributed by atoms with Gasteiger partial charge in [-0.1, -0.05) is 31.2 Å². The zero-order valence-corrected chi connectivity index (χ0v) is 11.3. The fourth-order valence-electron chi connectivity index (χ4n) is 2.43. The predicted molar refractivity (Wildman–Crippen MR) is 79.0 cm³/mol. The molecule has 1 aromatic carbocycles. The third-order valence-corrected chi connectivity index (χ3v) is 3.49. The maximum Gasteiger partial charge on any atom is 0.127 e. The minimum Gasteiger partial charge on any atom is -0.464 e. The number of fused-ring (bicyclic) bond motifs is 1. The summed E-state index contributed by atoms with van der Waals surface area (Å²) in [6.07, 6.45) is 4.55.